The highest BCUT2D eigenvalue weighted by atomic mass is 19.1. The van der Waals surface area contributed by atoms with Crippen LogP contribution >= 0.6 is 0 Å². The van der Waals surface area contributed by atoms with Crippen molar-refractivity contribution in [2.45, 2.75) is 38.1 Å². The van der Waals surface area contributed by atoms with Crippen molar-refractivity contribution in [1.82, 2.24) is 4.90 Å². The van der Waals surface area contributed by atoms with Gasteiger partial charge in [0.2, 0.25) is 5.91 Å². The van der Waals surface area contributed by atoms with Crippen LogP contribution in [0.25, 0.3) is 0 Å². The number of halogens is 1. The van der Waals surface area contributed by atoms with Gasteiger partial charge >= 0.3 is 0 Å². The average Bonchev–Trinajstić information content (AvgIpc) is 2.45. The molecule has 1 aromatic carbocycles. The van der Waals surface area contributed by atoms with E-state index in [1.807, 2.05) is 4.90 Å². The van der Waals surface area contributed by atoms with Crippen molar-refractivity contribution in [3.05, 3.63) is 35.6 Å². The smallest absolute Gasteiger partial charge is 0.223 e. The van der Waals surface area contributed by atoms with Crippen LogP contribution in [0.4, 0.5) is 4.39 Å². The topological polar surface area (TPSA) is 46.3 Å². The molecule has 19 heavy (non-hydrogen) atoms. The van der Waals surface area contributed by atoms with E-state index in [2.05, 4.69) is 0 Å². The van der Waals surface area contributed by atoms with E-state index in [0.717, 1.165) is 37.8 Å². The van der Waals surface area contributed by atoms with Crippen LogP contribution in [0.5, 0.6) is 0 Å². The Balaban J connectivity index is 2.11. The number of benzene rings is 1. The van der Waals surface area contributed by atoms with Crippen LogP contribution in [0.15, 0.2) is 24.3 Å². The largest absolute Gasteiger partial charge is 0.336 e. The molecule has 3 nitrogen and oxygen atoms in total. The zero-order chi connectivity index (χ0) is 13.7. The summed E-state index contributed by atoms with van der Waals surface area (Å²) in [5, 5.41) is 0. The maximum Gasteiger partial charge on any atom is 0.223 e. The van der Waals surface area contributed by atoms with Crippen molar-refractivity contribution in [3.63, 3.8) is 0 Å². The van der Waals surface area contributed by atoms with Crippen molar-refractivity contribution in [2.24, 2.45) is 5.73 Å². The Morgan fingerprint density at radius 2 is 2.05 bits per heavy atom. The predicted molar refractivity (Wildman–Crippen MR) is 73.0 cm³/mol. The molecule has 1 fully saturated rings. The first-order valence-electron chi connectivity index (χ1n) is 6.97. The highest BCUT2D eigenvalue weighted by Gasteiger charge is 2.27. The van der Waals surface area contributed by atoms with Crippen LogP contribution < -0.4 is 5.73 Å². The normalized spacial score (nSPS) is 19.5. The van der Waals surface area contributed by atoms with Crippen molar-refractivity contribution in [2.75, 3.05) is 13.1 Å². The van der Waals surface area contributed by atoms with E-state index in [1.165, 1.54) is 12.1 Å². The van der Waals surface area contributed by atoms with Crippen molar-refractivity contribution < 1.29 is 9.18 Å². The Morgan fingerprint density at radius 1 is 1.32 bits per heavy atom. The van der Waals surface area contributed by atoms with E-state index < -0.39 is 0 Å². The number of hydrogen-bond acceptors (Lipinski definition) is 2. The highest BCUT2D eigenvalue weighted by Crippen LogP contribution is 2.31. The molecular formula is C15H21FN2O. The van der Waals surface area contributed by atoms with E-state index in [9.17, 15) is 9.18 Å². The fourth-order valence-corrected chi connectivity index (χ4v) is 2.66. The third kappa shape index (κ3) is 3.53. The van der Waals surface area contributed by atoms with Crippen LogP contribution in [-0.4, -0.2) is 23.9 Å². The SMILES string of the molecule is NCCCC(=O)N1CCCCC1c1ccc(F)cc1. The second-order valence-corrected chi connectivity index (χ2v) is 5.04. The summed E-state index contributed by atoms with van der Waals surface area (Å²) in [5.74, 6) is -0.0694. The van der Waals surface area contributed by atoms with Gasteiger partial charge in [-0.25, -0.2) is 4.39 Å². The second kappa shape index (κ2) is 6.66. The minimum atomic E-state index is -0.236. The summed E-state index contributed by atoms with van der Waals surface area (Å²) in [6.45, 7) is 1.34. The molecule has 0 bridgehead atoms. The zero-order valence-electron chi connectivity index (χ0n) is 11.1. The summed E-state index contributed by atoms with van der Waals surface area (Å²) in [6.07, 6.45) is 4.36. The molecule has 0 spiro atoms. The summed E-state index contributed by atoms with van der Waals surface area (Å²) < 4.78 is 13.0. The van der Waals surface area contributed by atoms with Gasteiger partial charge in [-0.05, 0) is 49.9 Å². The Labute approximate surface area is 113 Å². The molecule has 0 aromatic heterocycles. The first-order chi connectivity index (χ1) is 9.22. The fraction of sp³-hybridized carbons (Fsp3) is 0.533. The molecule has 0 aliphatic carbocycles. The third-order valence-corrected chi connectivity index (χ3v) is 3.67. The van der Waals surface area contributed by atoms with Gasteiger partial charge in [0.05, 0.1) is 6.04 Å². The summed E-state index contributed by atoms with van der Waals surface area (Å²) in [6, 6.07) is 6.60. The molecule has 2 rings (SSSR count). The van der Waals surface area contributed by atoms with E-state index in [4.69, 9.17) is 5.73 Å². The number of carbonyl (C=O) groups is 1. The number of amides is 1. The van der Waals surface area contributed by atoms with Crippen molar-refractivity contribution >= 4 is 5.91 Å². The standard InChI is InChI=1S/C15H21FN2O/c16-13-8-6-12(7-9-13)14-4-1-2-11-18(14)15(19)5-3-10-17/h6-9,14H,1-5,10-11,17H2. The van der Waals surface area contributed by atoms with Crippen LogP contribution in [0.2, 0.25) is 0 Å². The maximum atomic E-state index is 13.0. The molecule has 4 heteroatoms. The van der Waals surface area contributed by atoms with E-state index in [0.29, 0.717) is 13.0 Å². The lowest BCUT2D eigenvalue weighted by Crippen LogP contribution is -2.38. The van der Waals surface area contributed by atoms with Crippen LogP contribution in [-0.2, 0) is 4.79 Å². The quantitative estimate of drug-likeness (QED) is 0.908. The number of likely N-dealkylation sites (tertiary alicyclic amines) is 1. The minimum Gasteiger partial charge on any atom is -0.336 e. The van der Waals surface area contributed by atoms with Gasteiger partial charge in [-0.1, -0.05) is 12.1 Å². The molecule has 1 amide bonds. The second-order valence-electron chi connectivity index (χ2n) is 5.04. The Morgan fingerprint density at radius 3 is 2.74 bits per heavy atom. The molecule has 0 radical (unpaired) electrons. The van der Waals surface area contributed by atoms with E-state index in [-0.39, 0.29) is 17.8 Å². The van der Waals surface area contributed by atoms with Crippen molar-refractivity contribution in [1.29, 1.82) is 0 Å². The highest BCUT2D eigenvalue weighted by molar-refractivity contribution is 5.76. The monoisotopic (exact) mass is 264 g/mol. The van der Waals surface area contributed by atoms with Crippen LogP contribution in [0.1, 0.15) is 43.7 Å². The van der Waals surface area contributed by atoms with Gasteiger partial charge in [-0.3, -0.25) is 4.79 Å². The molecule has 1 saturated heterocycles. The summed E-state index contributed by atoms with van der Waals surface area (Å²) in [7, 11) is 0. The zero-order valence-corrected chi connectivity index (χ0v) is 11.1. The van der Waals surface area contributed by atoms with Gasteiger partial charge in [-0.15, -0.1) is 0 Å². The van der Waals surface area contributed by atoms with Gasteiger partial charge in [0.15, 0.2) is 0 Å². The molecular weight excluding hydrogens is 243 g/mol. The molecule has 1 heterocycles. The number of piperidine rings is 1. The Kier molecular flexibility index (Phi) is 4.91. The fourth-order valence-electron chi connectivity index (χ4n) is 2.66. The summed E-state index contributed by atoms with van der Waals surface area (Å²) in [4.78, 5) is 14.1. The molecule has 2 N–H and O–H groups in total. The van der Waals surface area contributed by atoms with Crippen LogP contribution in [0, 0.1) is 5.82 Å². The lowest BCUT2D eigenvalue weighted by molar-refractivity contribution is -0.135. The molecule has 1 atom stereocenters. The summed E-state index contributed by atoms with van der Waals surface area (Å²) >= 11 is 0. The first-order valence-corrected chi connectivity index (χ1v) is 6.97. The van der Waals surface area contributed by atoms with E-state index in [1.54, 1.807) is 12.1 Å². The lowest BCUT2D eigenvalue weighted by atomic mass is 9.94. The first kappa shape index (κ1) is 14.0. The summed E-state index contributed by atoms with van der Waals surface area (Å²) in [5.41, 5.74) is 6.49. The van der Waals surface area contributed by atoms with Crippen LogP contribution in [0.3, 0.4) is 0 Å². The maximum absolute atomic E-state index is 13.0. The van der Waals surface area contributed by atoms with Crippen molar-refractivity contribution in [3.8, 4) is 0 Å². The van der Waals surface area contributed by atoms with Gasteiger partial charge < -0.3 is 10.6 Å². The molecule has 1 aliphatic rings. The van der Waals surface area contributed by atoms with Gasteiger partial charge in [0.25, 0.3) is 0 Å². The predicted octanol–water partition coefficient (Wildman–Crippen LogP) is 2.62. The molecule has 1 unspecified atom stereocenters. The number of rotatable bonds is 4. The minimum absolute atomic E-state index is 0.0969. The number of carbonyl (C=O) groups excluding carboxylic acids is 1. The molecule has 0 saturated carbocycles. The Bertz CT molecular complexity index is 419. The number of nitrogens with zero attached hydrogens (tertiary/aromatic N) is 1. The lowest BCUT2D eigenvalue weighted by Gasteiger charge is -2.36. The van der Waals surface area contributed by atoms with Gasteiger partial charge in [0, 0.05) is 13.0 Å². The molecule has 1 aliphatic heterocycles. The molecule has 104 valence electrons. The third-order valence-electron chi connectivity index (χ3n) is 3.67. The molecule has 1 aromatic rings. The van der Waals surface area contributed by atoms with E-state index >= 15 is 0 Å². The van der Waals surface area contributed by atoms with Gasteiger partial charge in [-0.2, -0.15) is 0 Å². The number of hydrogen-bond donors (Lipinski definition) is 1. The number of nitrogens with two attached hydrogens (primary N) is 1. The average molecular weight is 264 g/mol. The van der Waals surface area contributed by atoms with Gasteiger partial charge in [0.1, 0.15) is 5.82 Å². The Hall–Kier alpha value is -1.42.